The zero-order valence-electron chi connectivity index (χ0n) is 17.9. The van der Waals surface area contributed by atoms with Gasteiger partial charge in [-0.2, -0.15) is 0 Å². The Kier molecular flexibility index (Phi) is 6.30. The van der Waals surface area contributed by atoms with E-state index >= 15 is 0 Å². The van der Waals surface area contributed by atoms with E-state index in [0.717, 1.165) is 23.4 Å². The van der Waals surface area contributed by atoms with Crippen molar-refractivity contribution >= 4 is 40.0 Å². The Morgan fingerprint density at radius 2 is 2.24 bits per heavy atom. The molecule has 10 heteroatoms. The summed E-state index contributed by atoms with van der Waals surface area (Å²) in [7, 11) is 1.32. The van der Waals surface area contributed by atoms with Crippen LogP contribution in [0.3, 0.4) is 0 Å². The molecule has 4 heterocycles. The first kappa shape index (κ1) is 21.9. The lowest BCUT2D eigenvalue weighted by Crippen LogP contribution is -2.29. The van der Waals surface area contributed by atoms with Gasteiger partial charge in [0, 0.05) is 12.4 Å². The van der Waals surface area contributed by atoms with Crippen molar-refractivity contribution in [1.29, 1.82) is 0 Å². The lowest BCUT2D eigenvalue weighted by molar-refractivity contribution is 0.0601. The molecule has 1 atom stereocenters. The first-order chi connectivity index (χ1) is 16.1. The average molecular weight is 484 g/mol. The van der Waals surface area contributed by atoms with Crippen LogP contribution in [0.1, 0.15) is 28.9 Å². The SMILES string of the molecule is COC(=O)c1ccc2c(=O)n(C[C@H]3CCCO3)c(SCc3coc(-c4cccs4)n3)nc2c1. The van der Waals surface area contributed by atoms with E-state index in [2.05, 4.69) is 4.98 Å². The molecular formula is C23H21N3O5S2. The van der Waals surface area contributed by atoms with Crippen molar-refractivity contribution in [1.82, 2.24) is 14.5 Å². The number of hydrogen-bond acceptors (Lipinski definition) is 9. The minimum absolute atomic E-state index is 0.0203. The zero-order valence-corrected chi connectivity index (χ0v) is 19.5. The molecule has 0 radical (unpaired) electrons. The number of nitrogens with zero attached hydrogens (tertiary/aromatic N) is 3. The molecule has 1 aliphatic rings. The van der Waals surface area contributed by atoms with Crippen LogP contribution in [0, 0.1) is 0 Å². The molecule has 1 fully saturated rings. The number of thioether (sulfide) groups is 1. The third-order valence-corrected chi connectivity index (χ3v) is 7.25. The lowest BCUT2D eigenvalue weighted by Gasteiger charge is -2.16. The number of fused-ring (bicyclic) bond motifs is 1. The summed E-state index contributed by atoms with van der Waals surface area (Å²) in [4.78, 5) is 35.6. The summed E-state index contributed by atoms with van der Waals surface area (Å²) < 4.78 is 17.9. The van der Waals surface area contributed by atoms with Gasteiger partial charge in [0.2, 0.25) is 5.89 Å². The molecule has 4 aromatic rings. The van der Waals surface area contributed by atoms with Gasteiger partial charge >= 0.3 is 5.97 Å². The Labute approximate surface area is 197 Å². The van der Waals surface area contributed by atoms with Crippen LogP contribution in [0.4, 0.5) is 0 Å². The van der Waals surface area contributed by atoms with Crippen molar-refractivity contribution in [3.8, 4) is 10.8 Å². The molecule has 1 aromatic carbocycles. The van der Waals surface area contributed by atoms with Crippen LogP contribution in [0.2, 0.25) is 0 Å². The Balaban J connectivity index is 1.48. The van der Waals surface area contributed by atoms with E-state index < -0.39 is 5.97 Å². The number of methoxy groups -OCH3 is 1. The van der Waals surface area contributed by atoms with Gasteiger partial charge in [0.1, 0.15) is 6.26 Å². The summed E-state index contributed by atoms with van der Waals surface area (Å²) in [5.74, 6) is 0.585. The Morgan fingerprint density at radius 3 is 3.00 bits per heavy atom. The fourth-order valence-corrected chi connectivity index (χ4v) is 5.28. The third kappa shape index (κ3) is 4.59. The van der Waals surface area contributed by atoms with Gasteiger partial charge in [0.05, 0.1) is 46.8 Å². The molecule has 3 aromatic heterocycles. The van der Waals surface area contributed by atoms with E-state index in [0.29, 0.717) is 46.4 Å². The second-order valence-electron chi connectivity index (χ2n) is 7.58. The first-order valence-corrected chi connectivity index (χ1v) is 12.3. The summed E-state index contributed by atoms with van der Waals surface area (Å²) in [6.07, 6.45) is 3.49. The predicted molar refractivity (Wildman–Crippen MR) is 126 cm³/mol. The van der Waals surface area contributed by atoms with E-state index in [4.69, 9.17) is 18.9 Å². The number of benzene rings is 1. The summed E-state index contributed by atoms with van der Waals surface area (Å²) in [6.45, 7) is 1.14. The Hall–Kier alpha value is -2.95. The molecule has 0 N–H and O–H groups in total. The molecule has 33 heavy (non-hydrogen) atoms. The zero-order chi connectivity index (χ0) is 22.8. The predicted octanol–water partition coefficient (Wildman–Crippen LogP) is 4.37. The van der Waals surface area contributed by atoms with Crippen molar-refractivity contribution in [3.05, 3.63) is 63.6 Å². The maximum atomic E-state index is 13.4. The molecule has 0 aliphatic carbocycles. The maximum absolute atomic E-state index is 13.4. The van der Waals surface area contributed by atoms with Crippen LogP contribution in [-0.4, -0.2) is 40.3 Å². The number of rotatable bonds is 7. The highest BCUT2D eigenvalue weighted by atomic mass is 32.2. The molecule has 0 saturated carbocycles. The topological polar surface area (TPSA) is 96.5 Å². The molecule has 0 spiro atoms. The van der Waals surface area contributed by atoms with E-state index in [1.54, 1.807) is 40.4 Å². The highest BCUT2D eigenvalue weighted by molar-refractivity contribution is 7.98. The van der Waals surface area contributed by atoms with Crippen LogP contribution < -0.4 is 5.56 Å². The monoisotopic (exact) mass is 483 g/mol. The average Bonchev–Trinajstić information content (AvgIpc) is 3.61. The number of thiophene rings is 1. The minimum atomic E-state index is -0.472. The van der Waals surface area contributed by atoms with E-state index in [9.17, 15) is 9.59 Å². The van der Waals surface area contributed by atoms with Gasteiger partial charge in [-0.1, -0.05) is 17.8 Å². The third-order valence-electron chi connectivity index (χ3n) is 5.38. The van der Waals surface area contributed by atoms with Crippen molar-refractivity contribution < 1.29 is 18.7 Å². The van der Waals surface area contributed by atoms with Crippen LogP contribution in [0.5, 0.6) is 0 Å². The van der Waals surface area contributed by atoms with Crippen molar-refractivity contribution in [3.63, 3.8) is 0 Å². The van der Waals surface area contributed by atoms with E-state index in [1.807, 2.05) is 17.5 Å². The largest absolute Gasteiger partial charge is 0.465 e. The maximum Gasteiger partial charge on any atom is 0.337 e. The number of aromatic nitrogens is 3. The van der Waals surface area contributed by atoms with Gasteiger partial charge in [-0.05, 0) is 42.5 Å². The summed E-state index contributed by atoms with van der Waals surface area (Å²) in [5, 5.41) is 2.97. The molecule has 5 rings (SSSR count). The number of esters is 1. The molecule has 8 nitrogen and oxygen atoms in total. The van der Waals surface area contributed by atoms with Crippen molar-refractivity contribution in [2.45, 2.75) is 36.4 Å². The number of ether oxygens (including phenoxy) is 2. The van der Waals surface area contributed by atoms with Crippen LogP contribution >= 0.6 is 23.1 Å². The quantitative estimate of drug-likeness (QED) is 0.217. The summed E-state index contributed by atoms with van der Waals surface area (Å²) in [6, 6.07) is 8.71. The van der Waals surface area contributed by atoms with Crippen molar-refractivity contribution in [2.75, 3.05) is 13.7 Å². The highest BCUT2D eigenvalue weighted by Crippen LogP contribution is 2.28. The fraction of sp³-hybridized carbons (Fsp3) is 0.304. The molecule has 1 saturated heterocycles. The van der Waals surface area contributed by atoms with E-state index in [1.165, 1.54) is 18.9 Å². The molecule has 0 unspecified atom stereocenters. The van der Waals surface area contributed by atoms with Gasteiger partial charge in [0.15, 0.2) is 5.16 Å². The van der Waals surface area contributed by atoms with Crippen molar-refractivity contribution in [2.24, 2.45) is 0 Å². The smallest absolute Gasteiger partial charge is 0.337 e. The highest BCUT2D eigenvalue weighted by Gasteiger charge is 2.21. The molecule has 0 bridgehead atoms. The van der Waals surface area contributed by atoms with Crippen LogP contribution in [-0.2, 0) is 21.8 Å². The fourth-order valence-electron chi connectivity index (χ4n) is 3.73. The van der Waals surface area contributed by atoms with E-state index in [-0.39, 0.29) is 11.7 Å². The van der Waals surface area contributed by atoms with Gasteiger partial charge in [-0.15, -0.1) is 11.3 Å². The van der Waals surface area contributed by atoms with Gasteiger partial charge in [-0.25, -0.2) is 14.8 Å². The normalized spacial score (nSPS) is 15.8. The second kappa shape index (κ2) is 9.50. The number of hydrogen-bond donors (Lipinski definition) is 0. The number of carbonyl (C=O) groups excluding carboxylic acids is 1. The Bertz CT molecular complexity index is 1340. The summed E-state index contributed by atoms with van der Waals surface area (Å²) in [5.41, 5.74) is 1.40. The second-order valence-corrected chi connectivity index (χ2v) is 9.47. The Morgan fingerprint density at radius 1 is 1.33 bits per heavy atom. The van der Waals surface area contributed by atoms with Gasteiger partial charge in [0.25, 0.3) is 5.56 Å². The van der Waals surface area contributed by atoms with Gasteiger partial charge in [-0.3, -0.25) is 9.36 Å². The summed E-state index contributed by atoms with van der Waals surface area (Å²) >= 11 is 2.96. The standard InChI is InChI=1S/C23H21N3O5S2/c1-29-22(28)14-6-7-17-18(10-14)25-23(26(21(17)27)11-16-4-2-8-30-16)33-13-15-12-31-20(24-15)19-5-3-9-32-19/h3,5-7,9-10,12,16H,2,4,8,11,13H2,1H3/t16-/m1/s1. The van der Waals surface area contributed by atoms with Gasteiger partial charge < -0.3 is 13.9 Å². The van der Waals surface area contributed by atoms with Crippen LogP contribution in [0.15, 0.2) is 56.3 Å². The molecule has 1 aliphatic heterocycles. The molecule has 0 amide bonds. The minimum Gasteiger partial charge on any atom is -0.465 e. The number of oxazole rings is 1. The molecule has 170 valence electrons. The molecular weight excluding hydrogens is 462 g/mol. The number of carbonyl (C=O) groups is 1. The first-order valence-electron chi connectivity index (χ1n) is 10.5. The lowest BCUT2D eigenvalue weighted by atomic mass is 10.1. The van der Waals surface area contributed by atoms with Crippen LogP contribution in [0.25, 0.3) is 21.7 Å².